The molecule has 9 N–H and O–H groups in total. The van der Waals surface area contributed by atoms with Crippen LogP contribution in [-0.4, -0.2) is 71.6 Å². The first-order chi connectivity index (χ1) is 16.1. The van der Waals surface area contributed by atoms with E-state index < -0.39 is 46.9 Å². The first-order valence-corrected chi connectivity index (χ1v) is 10.7. The van der Waals surface area contributed by atoms with Crippen molar-refractivity contribution in [2.24, 2.45) is 16.6 Å². The number of nitrogens with zero attached hydrogens (tertiary/aromatic N) is 2. The Balaban J connectivity index is 2.70. The van der Waals surface area contributed by atoms with Gasteiger partial charge in [0.05, 0.1) is 12.6 Å². The van der Waals surface area contributed by atoms with E-state index in [0.29, 0.717) is 6.42 Å². The molecule has 0 radical (unpaired) electrons. The van der Waals surface area contributed by atoms with E-state index in [2.05, 4.69) is 26.4 Å². The second kappa shape index (κ2) is 15.1. The van der Waals surface area contributed by atoms with E-state index in [1.807, 2.05) is 30.3 Å². The van der Waals surface area contributed by atoms with Crippen LogP contribution >= 0.6 is 0 Å². The number of aliphatic hydroxyl groups is 1. The molecule has 3 atom stereocenters. The number of guanidine groups is 1. The molecule has 0 bridgehead atoms. The Kier molecular flexibility index (Phi) is 12.6. The Morgan fingerprint density at radius 1 is 1.12 bits per heavy atom. The van der Waals surface area contributed by atoms with E-state index in [9.17, 15) is 29.6 Å². The lowest BCUT2D eigenvalue weighted by atomic mass is 10.0. The Morgan fingerprint density at radius 2 is 1.79 bits per heavy atom. The summed E-state index contributed by atoms with van der Waals surface area (Å²) in [6, 6.07) is 7.48. The van der Waals surface area contributed by atoms with Crippen molar-refractivity contribution in [2.45, 2.75) is 44.4 Å². The van der Waals surface area contributed by atoms with Gasteiger partial charge in [-0.2, -0.15) is 0 Å². The van der Waals surface area contributed by atoms with Crippen LogP contribution in [0.5, 0.6) is 0 Å². The Bertz CT molecular complexity index is 851. The van der Waals surface area contributed by atoms with Crippen LogP contribution in [0.2, 0.25) is 0 Å². The van der Waals surface area contributed by atoms with Gasteiger partial charge in [0.2, 0.25) is 11.8 Å². The highest BCUT2D eigenvalue weighted by molar-refractivity contribution is 5.89. The van der Waals surface area contributed by atoms with Crippen molar-refractivity contribution in [3.8, 4) is 0 Å². The number of nitro groups is 1. The number of benzene rings is 1. The average Bonchev–Trinajstić information content (AvgIpc) is 2.80. The fraction of sp³-hybridized carbons (Fsp3) is 0.500. The number of amides is 3. The number of hydrazone groups is 1. The monoisotopic (exact) mass is 480 g/mol. The van der Waals surface area contributed by atoms with Crippen LogP contribution in [0.1, 0.15) is 25.3 Å². The minimum Gasteiger partial charge on any atom is -0.381 e. The third-order valence-electron chi connectivity index (χ3n) is 4.68. The number of hydrogen-bond acceptors (Lipinski definition) is 7. The van der Waals surface area contributed by atoms with Crippen molar-refractivity contribution in [1.82, 2.24) is 21.3 Å². The molecule has 0 aromatic heterocycles. The van der Waals surface area contributed by atoms with Gasteiger partial charge in [-0.1, -0.05) is 30.3 Å². The summed E-state index contributed by atoms with van der Waals surface area (Å²) in [5, 5.41) is 32.9. The molecule has 1 aromatic carbocycles. The van der Waals surface area contributed by atoms with Crippen LogP contribution in [0.3, 0.4) is 0 Å². The zero-order valence-corrected chi connectivity index (χ0v) is 18.9. The molecule has 0 aliphatic rings. The summed E-state index contributed by atoms with van der Waals surface area (Å²) in [5.74, 6) is -2.24. The van der Waals surface area contributed by atoms with Gasteiger partial charge in [-0.3, -0.25) is 14.4 Å². The molecule has 0 aliphatic carbocycles. The summed E-state index contributed by atoms with van der Waals surface area (Å²) >= 11 is 0. The lowest BCUT2D eigenvalue weighted by Gasteiger charge is -2.25. The molecule has 0 spiro atoms. The second-order valence-corrected chi connectivity index (χ2v) is 7.37. The maximum Gasteiger partial charge on any atom is 0.266 e. The van der Waals surface area contributed by atoms with Crippen molar-refractivity contribution in [3.63, 3.8) is 0 Å². The third-order valence-corrected chi connectivity index (χ3v) is 4.68. The summed E-state index contributed by atoms with van der Waals surface area (Å²) in [7, 11) is 0. The van der Waals surface area contributed by atoms with Crippen molar-refractivity contribution in [3.05, 3.63) is 46.0 Å². The molecule has 1 aromatic rings. The molecular weight excluding hydrogens is 448 g/mol. The van der Waals surface area contributed by atoms with Gasteiger partial charge in [0.15, 0.2) is 11.1 Å². The Morgan fingerprint density at radius 3 is 2.41 bits per heavy atom. The third kappa shape index (κ3) is 11.2. The fourth-order valence-corrected chi connectivity index (χ4v) is 2.91. The second-order valence-electron chi connectivity index (χ2n) is 7.37. The summed E-state index contributed by atoms with van der Waals surface area (Å²) in [6.45, 7) is 1.55. The zero-order chi connectivity index (χ0) is 25.5. The first kappa shape index (κ1) is 28.3. The molecule has 0 aliphatic heterocycles. The predicted octanol–water partition coefficient (Wildman–Crippen LogP) is -2.47. The number of hydrogen-bond donors (Lipinski definition) is 7. The first-order valence-electron chi connectivity index (χ1n) is 10.7. The van der Waals surface area contributed by atoms with E-state index in [4.69, 9.17) is 11.5 Å². The maximum absolute atomic E-state index is 12.5. The maximum atomic E-state index is 12.5. The van der Waals surface area contributed by atoms with Gasteiger partial charge in [-0.05, 0) is 31.7 Å². The molecule has 188 valence electrons. The fourth-order valence-electron chi connectivity index (χ4n) is 2.91. The lowest BCUT2D eigenvalue weighted by Crippen LogP contribution is -2.55. The quantitative estimate of drug-likeness (QED) is 0.0491. The molecule has 34 heavy (non-hydrogen) atoms. The van der Waals surface area contributed by atoms with E-state index in [1.165, 1.54) is 6.92 Å². The number of nitrogens with two attached hydrogens (primary N) is 2. The van der Waals surface area contributed by atoms with E-state index >= 15 is 0 Å². The highest BCUT2D eigenvalue weighted by Crippen LogP contribution is 2.05. The highest BCUT2D eigenvalue weighted by Gasteiger charge is 2.29. The minimum atomic E-state index is -1.58. The normalized spacial score (nSPS) is 13.8. The molecular formula is C20H32N8O6. The highest BCUT2D eigenvalue weighted by atomic mass is 16.7. The minimum absolute atomic E-state index is 0.120. The molecule has 14 heteroatoms. The van der Waals surface area contributed by atoms with Gasteiger partial charge in [0.1, 0.15) is 11.1 Å². The predicted molar refractivity (Wildman–Crippen MR) is 124 cm³/mol. The number of nitrogens with one attached hydrogen (secondary N) is 4. The SMILES string of the molecule is C[C@H](NC(=O)CN)C(=O)N[C@@H](CCCN/C(N)=N\[N+](=O)[O-])C(O)C(=O)NCCc1ccccc1. The van der Waals surface area contributed by atoms with Crippen LogP contribution in [0, 0.1) is 10.1 Å². The van der Waals surface area contributed by atoms with E-state index in [-0.39, 0.29) is 32.5 Å². The smallest absolute Gasteiger partial charge is 0.266 e. The molecule has 0 saturated heterocycles. The average molecular weight is 481 g/mol. The largest absolute Gasteiger partial charge is 0.381 e. The Labute approximate surface area is 196 Å². The number of carbonyl (C=O) groups is 3. The Hall–Kier alpha value is -3.78. The van der Waals surface area contributed by atoms with E-state index in [0.717, 1.165) is 5.56 Å². The number of aliphatic hydroxyl groups excluding tert-OH is 1. The van der Waals surface area contributed by atoms with Gasteiger partial charge in [0.25, 0.3) is 11.9 Å². The summed E-state index contributed by atoms with van der Waals surface area (Å²) in [5.41, 5.74) is 11.6. The number of rotatable bonds is 14. The van der Waals surface area contributed by atoms with Crippen LogP contribution < -0.4 is 32.7 Å². The van der Waals surface area contributed by atoms with Crippen molar-refractivity contribution in [1.29, 1.82) is 0 Å². The van der Waals surface area contributed by atoms with Gasteiger partial charge >= 0.3 is 0 Å². The van der Waals surface area contributed by atoms with E-state index in [1.54, 1.807) is 0 Å². The topological polar surface area (TPSA) is 227 Å². The van der Waals surface area contributed by atoms with Gasteiger partial charge in [0, 0.05) is 13.1 Å². The molecule has 14 nitrogen and oxygen atoms in total. The molecule has 3 amide bonds. The summed E-state index contributed by atoms with van der Waals surface area (Å²) in [4.78, 5) is 46.7. The van der Waals surface area contributed by atoms with Gasteiger partial charge < -0.3 is 37.8 Å². The summed E-state index contributed by atoms with van der Waals surface area (Å²) in [6.07, 6.45) is -0.634. The van der Waals surface area contributed by atoms with Crippen LogP contribution in [0.4, 0.5) is 0 Å². The van der Waals surface area contributed by atoms with Crippen molar-refractivity contribution in [2.75, 3.05) is 19.6 Å². The molecule has 0 heterocycles. The van der Waals surface area contributed by atoms with Gasteiger partial charge in [-0.25, -0.2) is 10.1 Å². The molecule has 0 saturated carbocycles. The standard InChI is InChI=1S/C20H32N8O6/c1-13(25-16(29)12-21)18(31)26-15(8-5-10-24-20(22)27-28(33)34)17(30)19(32)23-11-9-14-6-3-2-4-7-14/h2-4,6-7,13,15,17,30H,5,8-12,21H2,1H3,(H,23,32)(H,25,29)(H,26,31)(H3,22,24,27)/t13-,15-,17?/m0/s1. The van der Waals surface area contributed by atoms with Crippen LogP contribution in [0.25, 0.3) is 0 Å². The summed E-state index contributed by atoms with van der Waals surface area (Å²) < 4.78 is 0. The van der Waals surface area contributed by atoms with Gasteiger partial charge in [-0.15, -0.1) is 0 Å². The van der Waals surface area contributed by atoms with Crippen LogP contribution in [-0.2, 0) is 20.8 Å². The molecule has 1 unspecified atom stereocenters. The zero-order valence-electron chi connectivity index (χ0n) is 18.9. The van der Waals surface area contributed by atoms with Crippen LogP contribution in [0.15, 0.2) is 35.4 Å². The number of carbonyl (C=O) groups excluding carboxylic acids is 3. The molecule has 0 fully saturated rings. The lowest BCUT2D eigenvalue weighted by molar-refractivity contribution is -0.485. The van der Waals surface area contributed by atoms with Crippen molar-refractivity contribution < 1.29 is 24.5 Å². The molecule has 1 rings (SSSR count). The van der Waals surface area contributed by atoms with Crippen molar-refractivity contribution >= 4 is 23.7 Å².